The maximum absolute atomic E-state index is 13.1. The first-order chi connectivity index (χ1) is 8.19. The smallest absolute Gasteiger partial charge is 0.126 e. The van der Waals surface area contributed by atoms with Gasteiger partial charge in [-0.1, -0.05) is 11.6 Å². The number of anilines is 1. The van der Waals surface area contributed by atoms with Gasteiger partial charge in [0.15, 0.2) is 0 Å². The van der Waals surface area contributed by atoms with E-state index in [2.05, 4.69) is 10.3 Å². The molecular formula is C12H13ClFN3. The highest BCUT2D eigenvalue weighted by Crippen LogP contribution is 2.18. The van der Waals surface area contributed by atoms with Crippen LogP contribution in [0.4, 0.5) is 10.1 Å². The van der Waals surface area contributed by atoms with E-state index in [1.165, 1.54) is 12.1 Å². The summed E-state index contributed by atoms with van der Waals surface area (Å²) in [7, 11) is 0. The topological polar surface area (TPSA) is 29.9 Å². The van der Waals surface area contributed by atoms with Crippen molar-refractivity contribution in [3.63, 3.8) is 0 Å². The molecule has 2 rings (SSSR count). The highest BCUT2D eigenvalue weighted by molar-refractivity contribution is 6.30. The zero-order chi connectivity index (χ0) is 12.3. The quantitative estimate of drug-likeness (QED) is 0.906. The molecule has 0 fully saturated rings. The van der Waals surface area contributed by atoms with Gasteiger partial charge in [-0.3, -0.25) is 0 Å². The predicted molar refractivity (Wildman–Crippen MR) is 66.6 cm³/mol. The summed E-state index contributed by atoms with van der Waals surface area (Å²) in [6, 6.07) is 4.39. The molecule has 0 aliphatic heterocycles. The van der Waals surface area contributed by atoms with Gasteiger partial charge in [0.2, 0.25) is 0 Å². The Balaban J connectivity index is 2.07. The number of halogens is 2. The second-order valence-corrected chi connectivity index (χ2v) is 4.12. The molecule has 1 aromatic heterocycles. The minimum absolute atomic E-state index is 0.344. The number of hydrogen-bond acceptors (Lipinski definition) is 2. The molecule has 0 unspecified atom stereocenters. The predicted octanol–water partition coefficient (Wildman–Crippen LogP) is 3.31. The van der Waals surface area contributed by atoms with Crippen LogP contribution >= 0.6 is 11.6 Å². The van der Waals surface area contributed by atoms with Crippen LogP contribution in [0.1, 0.15) is 12.6 Å². The first-order valence-electron chi connectivity index (χ1n) is 5.38. The zero-order valence-corrected chi connectivity index (χ0v) is 10.2. The number of nitrogens with one attached hydrogen (secondary N) is 1. The van der Waals surface area contributed by atoms with Crippen molar-refractivity contribution in [3.05, 3.63) is 47.3 Å². The second-order valence-electron chi connectivity index (χ2n) is 3.68. The molecule has 1 heterocycles. The van der Waals surface area contributed by atoms with E-state index in [-0.39, 0.29) is 5.82 Å². The first kappa shape index (κ1) is 11.9. The summed E-state index contributed by atoms with van der Waals surface area (Å²) < 4.78 is 15.1. The molecule has 2 aromatic rings. The van der Waals surface area contributed by atoms with E-state index < -0.39 is 0 Å². The molecule has 0 amide bonds. The Morgan fingerprint density at radius 1 is 1.41 bits per heavy atom. The average molecular weight is 254 g/mol. The summed E-state index contributed by atoms with van der Waals surface area (Å²) in [5.41, 5.74) is 1.71. The monoisotopic (exact) mass is 253 g/mol. The van der Waals surface area contributed by atoms with Gasteiger partial charge in [0, 0.05) is 23.5 Å². The van der Waals surface area contributed by atoms with Crippen LogP contribution in [0.15, 0.2) is 30.7 Å². The summed E-state index contributed by atoms with van der Waals surface area (Å²) >= 11 is 5.77. The van der Waals surface area contributed by atoms with Crippen LogP contribution in [0.3, 0.4) is 0 Å². The van der Waals surface area contributed by atoms with Crippen LogP contribution in [0.2, 0.25) is 5.02 Å². The normalized spacial score (nSPS) is 10.5. The molecule has 0 spiro atoms. The fourth-order valence-corrected chi connectivity index (χ4v) is 1.85. The molecule has 3 nitrogen and oxygen atoms in total. The molecule has 0 saturated carbocycles. The number of rotatable bonds is 4. The van der Waals surface area contributed by atoms with Crippen molar-refractivity contribution in [1.82, 2.24) is 9.55 Å². The van der Waals surface area contributed by atoms with Crippen LogP contribution in [0.25, 0.3) is 0 Å². The minimum atomic E-state index is -0.344. The van der Waals surface area contributed by atoms with Gasteiger partial charge in [-0.15, -0.1) is 0 Å². The van der Waals surface area contributed by atoms with Crippen molar-refractivity contribution in [1.29, 1.82) is 0 Å². The Labute approximate surface area is 104 Å². The first-order valence-corrected chi connectivity index (χ1v) is 5.76. The number of aryl methyl sites for hydroxylation is 1. The number of aromatic nitrogens is 2. The Morgan fingerprint density at radius 2 is 2.24 bits per heavy atom. The van der Waals surface area contributed by atoms with Crippen molar-refractivity contribution in [2.45, 2.75) is 20.0 Å². The summed E-state index contributed by atoms with van der Waals surface area (Å²) in [4.78, 5) is 4.06. The lowest BCUT2D eigenvalue weighted by Gasteiger charge is -2.08. The van der Waals surface area contributed by atoms with Gasteiger partial charge in [-0.2, -0.15) is 0 Å². The second kappa shape index (κ2) is 5.19. The average Bonchev–Trinajstić information content (AvgIpc) is 2.72. The van der Waals surface area contributed by atoms with Crippen LogP contribution in [-0.2, 0) is 13.1 Å². The number of nitrogens with zero attached hydrogens (tertiary/aromatic N) is 2. The molecule has 5 heteroatoms. The fraction of sp³-hybridized carbons (Fsp3) is 0.250. The molecule has 0 aliphatic carbocycles. The van der Waals surface area contributed by atoms with Crippen LogP contribution in [0.5, 0.6) is 0 Å². The molecule has 1 N–H and O–H groups in total. The molecule has 1 aromatic carbocycles. The van der Waals surface area contributed by atoms with E-state index in [1.807, 2.05) is 11.5 Å². The minimum Gasteiger partial charge on any atom is -0.379 e. The Bertz CT molecular complexity index is 490. The highest BCUT2D eigenvalue weighted by Gasteiger charge is 2.02. The number of hydrogen-bond donors (Lipinski definition) is 1. The summed E-state index contributed by atoms with van der Waals surface area (Å²) in [5.74, 6) is -0.344. The third kappa shape index (κ3) is 2.97. The standard InChI is InChI=1S/C12H13ClFN3/c1-2-17-8-15-6-12(17)7-16-11-4-9(13)3-10(14)5-11/h3-6,8,16H,2,7H2,1H3. The number of benzene rings is 1. The van der Waals surface area contributed by atoms with Crippen molar-refractivity contribution in [2.75, 3.05) is 5.32 Å². The lowest BCUT2D eigenvalue weighted by molar-refractivity contribution is 0.628. The Morgan fingerprint density at radius 3 is 2.94 bits per heavy atom. The molecule has 0 bridgehead atoms. The molecule has 0 aliphatic rings. The van der Waals surface area contributed by atoms with Gasteiger partial charge in [0.25, 0.3) is 0 Å². The van der Waals surface area contributed by atoms with E-state index in [9.17, 15) is 4.39 Å². The molecule has 17 heavy (non-hydrogen) atoms. The van der Waals surface area contributed by atoms with E-state index in [1.54, 1.807) is 18.6 Å². The van der Waals surface area contributed by atoms with Crippen LogP contribution < -0.4 is 5.32 Å². The van der Waals surface area contributed by atoms with Gasteiger partial charge in [-0.05, 0) is 25.1 Å². The molecule has 90 valence electrons. The SMILES string of the molecule is CCn1cncc1CNc1cc(F)cc(Cl)c1. The molecule has 0 atom stereocenters. The molecule has 0 saturated heterocycles. The van der Waals surface area contributed by atoms with Crippen molar-refractivity contribution >= 4 is 17.3 Å². The van der Waals surface area contributed by atoms with Crippen molar-refractivity contribution < 1.29 is 4.39 Å². The van der Waals surface area contributed by atoms with Gasteiger partial charge >= 0.3 is 0 Å². The maximum Gasteiger partial charge on any atom is 0.126 e. The van der Waals surface area contributed by atoms with Crippen LogP contribution in [-0.4, -0.2) is 9.55 Å². The Hall–Kier alpha value is -1.55. The van der Waals surface area contributed by atoms with Gasteiger partial charge in [0.1, 0.15) is 5.82 Å². The zero-order valence-electron chi connectivity index (χ0n) is 9.45. The van der Waals surface area contributed by atoms with E-state index in [0.29, 0.717) is 17.3 Å². The van der Waals surface area contributed by atoms with E-state index >= 15 is 0 Å². The lowest BCUT2D eigenvalue weighted by Crippen LogP contribution is -2.06. The van der Waals surface area contributed by atoms with Crippen LogP contribution in [0, 0.1) is 5.82 Å². The van der Waals surface area contributed by atoms with Crippen molar-refractivity contribution in [3.8, 4) is 0 Å². The van der Waals surface area contributed by atoms with Gasteiger partial charge in [0.05, 0.1) is 18.6 Å². The number of imidazole rings is 1. The molecule has 0 radical (unpaired) electrons. The largest absolute Gasteiger partial charge is 0.379 e. The fourth-order valence-electron chi connectivity index (χ4n) is 1.63. The molecular weight excluding hydrogens is 241 g/mol. The van der Waals surface area contributed by atoms with Gasteiger partial charge < -0.3 is 9.88 Å². The summed E-state index contributed by atoms with van der Waals surface area (Å²) in [5, 5.41) is 3.50. The van der Waals surface area contributed by atoms with Gasteiger partial charge in [-0.25, -0.2) is 9.37 Å². The van der Waals surface area contributed by atoms with E-state index in [4.69, 9.17) is 11.6 Å². The highest BCUT2D eigenvalue weighted by atomic mass is 35.5. The van der Waals surface area contributed by atoms with E-state index in [0.717, 1.165) is 12.2 Å². The third-order valence-electron chi connectivity index (χ3n) is 2.48. The Kier molecular flexibility index (Phi) is 3.64. The summed E-state index contributed by atoms with van der Waals surface area (Å²) in [6.45, 7) is 3.50. The third-order valence-corrected chi connectivity index (χ3v) is 2.69. The van der Waals surface area contributed by atoms with Crippen molar-refractivity contribution in [2.24, 2.45) is 0 Å². The summed E-state index contributed by atoms with van der Waals surface area (Å²) in [6.07, 6.45) is 3.56. The lowest BCUT2D eigenvalue weighted by atomic mass is 10.3. The maximum atomic E-state index is 13.1.